The van der Waals surface area contributed by atoms with Gasteiger partial charge in [-0.25, -0.2) is 0 Å². The Morgan fingerprint density at radius 3 is 2.73 bits per heavy atom. The second-order valence-electron chi connectivity index (χ2n) is 7.09. The van der Waals surface area contributed by atoms with Crippen LogP contribution in [0.3, 0.4) is 0 Å². The van der Waals surface area contributed by atoms with Gasteiger partial charge in [0, 0.05) is 36.8 Å². The molecule has 3 heterocycles. The lowest BCUT2D eigenvalue weighted by Gasteiger charge is -2.29. The van der Waals surface area contributed by atoms with Crippen LogP contribution in [0.1, 0.15) is 23.1 Å². The van der Waals surface area contributed by atoms with Crippen molar-refractivity contribution < 1.29 is 13.2 Å². The molecule has 1 aliphatic heterocycles. The number of thioether (sulfide) groups is 1. The summed E-state index contributed by atoms with van der Waals surface area (Å²) in [6, 6.07) is 6.16. The van der Waals surface area contributed by atoms with Gasteiger partial charge in [-0.2, -0.15) is 24.5 Å². The van der Waals surface area contributed by atoms with Gasteiger partial charge in [0.25, 0.3) is 0 Å². The first-order chi connectivity index (χ1) is 13.9. The largest absolute Gasteiger partial charge is 0.416 e. The quantitative estimate of drug-likeness (QED) is 0.348. The number of fused-ring (bicyclic) bond motifs is 1. The van der Waals surface area contributed by atoms with Crippen molar-refractivity contribution in [3.05, 3.63) is 51.7 Å². The predicted molar refractivity (Wildman–Crippen MR) is 117 cm³/mol. The topological polar surface area (TPSA) is 34.0 Å². The van der Waals surface area contributed by atoms with Gasteiger partial charge in [0.1, 0.15) is 0 Å². The number of thiophene rings is 1. The standard InChI is InChI=1S/C20H21F3N4S2.ClH/c1-26-18(15-6-10-28-13-15)24-25-19(26)29-9-2-7-27-8-5-14-3-4-17(20(21,22)23)11-16(14)12-27;/h3-4,6,10-11,13H,2,5,7-9,12H2,1H3;1H. The fraction of sp³-hybridized carbons (Fsp3) is 0.400. The van der Waals surface area contributed by atoms with Crippen LogP contribution in [0, 0.1) is 0 Å². The zero-order valence-electron chi connectivity index (χ0n) is 16.4. The lowest BCUT2D eigenvalue weighted by atomic mass is 9.97. The predicted octanol–water partition coefficient (Wildman–Crippen LogP) is 5.52. The number of hydrogen-bond donors (Lipinski definition) is 0. The van der Waals surface area contributed by atoms with Gasteiger partial charge in [-0.15, -0.1) is 22.6 Å². The van der Waals surface area contributed by atoms with E-state index in [9.17, 15) is 13.2 Å². The van der Waals surface area contributed by atoms with Crippen LogP contribution in [-0.4, -0.2) is 38.5 Å². The van der Waals surface area contributed by atoms with Crippen molar-refractivity contribution >= 4 is 35.5 Å². The molecule has 0 N–H and O–H groups in total. The van der Waals surface area contributed by atoms with E-state index >= 15 is 0 Å². The Labute approximate surface area is 187 Å². The van der Waals surface area contributed by atoms with Gasteiger partial charge in [0.15, 0.2) is 11.0 Å². The third kappa shape index (κ3) is 5.19. The van der Waals surface area contributed by atoms with Crippen LogP contribution >= 0.6 is 35.5 Å². The van der Waals surface area contributed by atoms with Crippen LogP contribution in [0.25, 0.3) is 11.4 Å². The van der Waals surface area contributed by atoms with E-state index < -0.39 is 11.7 Å². The average Bonchev–Trinajstić information content (AvgIpc) is 3.34. The molecule has 30 heavy (non-hydrogen) atoms. The molecule has 1 aromatic carbocycles. The molecule has 0 fully saturated rings. The summed E-state index contributed by atoms with van der Waals surface area (Å²) < 4.78 is 40.9. The first kappa shape index (κ1) is 23.1. The van der Waals surface area contributed by atoms with Crippen molar-refractivity contribution in [1.82, 2.24) is 19.7 Å². The lowest BCUT2D eigenvalue weighted by Crippen LogP contribution is -2.31. The fourth-order valence-corrected chi connectivity index (χ4v) is 4.99. The van der Waals surface area contributed by atoms with Crippen molar-refractivity contribution in [3.63, 3.8) is 0 Å². The first-order valence-corrected chi connectivity index (χ1v) is 11.3. The fourth-order valence-electron chi connectivity index (χ4n) is 3.52. The third-order valence-corrected chi connectivity index (χ3v) is 6.88. The summed E-state index contributed by atoms with van der Waals surface area (Å²) in [6.45, 7) is 2.32. The van der Waals surface area contributed by atoms with Crippen LogP contribution < -0.4 is 0 Å². The summed E-state index contributed by atoms with van der Waals surface area (Å²) in [7, 11) is 1.97. The molecule has 3 aromatic rings. The molecule has 1 aliphatic rings. The smallest absolute Gasteiger partial charge is 0.305 e. The highest BCUT2D eigenvalue weighted by molar-refractivity contribution is 7.99. The number of benzene rings is 1. The van der Waals surface area contributed by atoms with Crippen molar-refractivity contribution in [3.8, 4) is 11.4 Å². The van der Waals surface area contributed by atoms with Crippen LogP contribution in [0.2, 0.25) is 0 Å². The minimum Gasteiger partial charge on any atom is -0.305 e. The van der Waals surface area contributed by atoms with E-state index in [0.717, 1.165) is 59.4 Å². The summed E-state index contributed by atoms with van der Waals surface area (Å²) in [5.74, 6) is 1.75. The Bertz CT molecular complexity index is 973. The third-order valence-electron chi connectivity index (χ3n) is 5.09. The van der Waals surface area contributed by atoms with Gasteiger partial charge in [-0.1, -0.05) is 17.8 Å². The lowest BCUT2D eigenvalue weighted by molar-refractivity contribution is -0.137. The number of rotatable bonds is 6. The first-order valence-electron chi connectivity index (χ1n) is 9.38. The molecule has 0 saturated heterocycles. The summed E-state index contributed by atoms with van der Waals surface area (Å²) in [5, 5.41) is 13.5. The second kappa shape index (κ2) is 9.72. The molecular formula is C20H22ClF3N4S2. The molecule has 0 radical (unpaired) electrons. The highest BCUT2D eigenvalue weighted by atomic mass is 35.5. The van der Waals surface area contributed by atoms with Crippen molar-refractivity contribution in [2.24, 2.45) is 7.05 Å². The van der Waals surface area contributed by atoms with Crippen molar-refractivity contribution in [2.75, 3.05) is 18.8 Å². The summed E-state index contributed by atoms with van der Waals surface area (Å²) >= 11 is 3.29. The molecule has 0 amide bonds. The molecule has 10 heteroatoms. The molecule has 4 rings (SSSR count). The van der Waals surface area contributed by atoms with Gasteiger partial charge < -0.3 is 4.57 Å². The van der Waals surface area contributed by atoms with E-state index in [1.54, 1.807) is 29.2 Å². The van der Waals surface area contributed by atoms with Gasteiger partial charge in [-0.05, 0) is 54.1 Å². The van der Waals surface area contributed by atoms with E-state index in [0.29, 0.717) is 6.54 Å². The molecule has 0 spiro atoms. The Morgan fingerprint density at radius 1 is 1.17 bits per heavy atom. The van der Waals surface area contributed by atoms with Gasteiger partial charge in [0.2, 0.25) is 0 Å². The van der Waals surface area contributed by atoms with Crippen LogP contribution in [0.5, 0.6) is 0 Å². The molecule has 0 bridgehead atoms. The Balaban J connectivity index is 0.00000256. The zero-order valence-corrected chi connectivity index (χ0v) is 18.8. The number of aromatic nitrogens is 3. The molecule has 2 aromatic heterocycles. The summed E-state index contributed by atoms with van der Waals surface area (Å²) in [5.41, 5.74) is 2.34. The average molecular weight is 475 g/mol. The highest BCUT2D eigenvalue weighted by Gasteiger charge is 2.31. The van der Waals surface area contributed by atoms with E-state index in [4.69, 9.17) is 0 Å². The summed E-state index contributed by atoms with van der Waals surface area (Å²) in [6.07, 6.45) is -2.54. The highest BCUT2D eigenvalue weighted by Crippen LogP contribution is 2.32. The molecular weight excluding hydrogens is 453 g/mol. The molecule has 4 nitrogen and oxygen atoms in total. The minimum atomic E-state index is -4.29. The monoisotopic (exact) mass is 474 g/mol. The molecule has 0 unspecified atom stereocenters. The normalized spacial score (nSPS) is 14.4. The zero-order chi connectivity index (χ0) is 20.4. The molecule has 162 valence electrons. The van der Waals surface area contributed by atoms with E-state index in [-0.39, 0.29) is 12.4 Å². The number of hydrogen-bond acceptors (Lipinski definition) is 5. The van der Waals surface area contributed by atoms with E-state index in [2.05, 4.69) is 20.5 Å². The Morgan fingerprint density at radius 2 is 2.00 bits per heavy atom. The van der Waals surface area contributed by atoms with Crippen molar-refractivity contribution in [1.29, 1.82) is 0 Å². The molecule has 0 atom stereocenters. The Hall–Kier alpha value is -1.55. The number of nitrogens with zero attached hydrogens (tertiary/aromatic N) is 4. The number of halogens is 4. The van der Waals surface area contributed by atoms with Crippen LogP contribution in [0.15, 0.2) is 40.2 Å². The maximum absolute atomic E-state index is 13.0. The maximum Gasteiger partial charge on any atom is 0.416 e. The SMILES string of the molecule is Cl.Cn1c(SCCCN2CCc3ccc(C(F)(F)F)cc3C2)nnc1-c1ccsc1. The van der Waals surface area contributed by atoms with Crippen LogP contribution in [0.4, 0.5) is 13.2 Å². The molecule has 0 saturated carbocycles. The van der Waals surface area contributed by atoms with Gasteiger partial charge >= 0.3 is 6.18 Å². The second-order valence-corrected chi connectivity index (χ2v) is 8.93. The maximum atomic E-state index is 13.0. The van der Waals surface area contributed by atoms with Gasteiger partial charge in [-0.3, -0.25) is 4.90 Å². The van der Waals surface area contributed by atoms with Crippen molar-refractivity contribution in [2.45, 2.75) is 30.7 Å². The minimum absolute atomic E-state index is 0. The number of alkyl halides is 3. The molecule has 0 aliphatic carbocycles. The van der Waals surface area contributed by atoms with Gasteiger partial charge in [0.05, 0.1) is 5.56 Å². The Kier molecular flexibility index (Phi) is 7.49. The van der Waals surface area contributed by atoms with E-state index in [1.807, 2.05) is 23.1 Å². The summed E-state index contributed by atoms with van der Waals surface area (Å²) in [4.78, 5) is 2.23. The van der Waals surface area contributed by atoms with Crippen LogP contribution in [-0.2, 0) is 26.2 Å². The van der Waals surface area contributed by atoms with E-state index in [1.165, 1.54) is 12.1 Å².